The van der Waals surface area contributed by atoms with E-state index in [0.717, 1.165) is 25.3 Å². The van der Waals surface area contributed by atoms with Crippen molar-refractivity contribution in [1.29, 1.82) is 0 Å². The third-order valence-corrected chi connectivity index (χ3v) is 2.22. The number of nitrogens with zero attached hydrogens (tertiary/aromatic N) is 2. The van der Waals surface area contributed by atoms with Gasteiger partial charge in [0.25, 0.3) is 0 Å². The molecule has 0 saturated carbocycles. The van der Waals surface area contributed by atoms with Crippen molar-refractivity contribution in [3.63, 3.8) is 0 Å². The van der Waals surface area contributed by atoms with Crippen molar-refractivity contribution in [2.75, 3.05) is 5.88 Å². The highest BCUT2D eigenvalue weighted by molar-refractivity contribution is 6.17. The van der Waals surface area contributed by atoms with Gasteiger partial charge in [-0.25, -0.2) is 0 Å². The maximum absolute atomic E-state index is 12.2. The van der Waals surface area contributed by atoms with Gasteiger partial charge >= 0.3 is 6.18 Å². The van der Waals surface area contributed by atoms with Crippen molar-refractivity contribution in [2.24, 2.45) is 0 Å². The van der Waals surface area contributed by atoms with Gasteiger partial charge in [0.1, 0.15) is 0 Å². The van der Waals surface area contributed by atoms with Crippen LogP contribution in [0.2, 0.25) is 0 Å². The maximum atomic E-state index is 12.2. The van der Waals surface area contributed by atoms with Gasteiger partial charge in [0, 0.05) is 18.6 Å². The minimum atomic E-state index is -4.35. The van der Waals surface area contributed by atoms with Crippen LogP contribution >= 0.6 is 11.6 Å². The van der Waals surface area contributed by atoms with Gasteiger partial charge in [-0.3, -0.25) is 4.68 Å². The van der Waals surface area contributed by atoms with Gasteiger partial charge in [-0.2, -0.15) is 18.3 Å². The molecule has 0 aliphatic rings. The molecule has 15 heavy (non-hydrogen) atoms. The van der Waals surface area contributed by atoms with E-state index in [1.807, 2.05) is 0 Å². The van der Waals surface area contributed by atoms with E-state index in [9.17, 15) is 13.2 Å². The summed E-state index contributed by atoms with van der Waals surface area (Å²) in [4.78, 5) is 0. The Kier molecular flexibility index (Phi) is 4.45. The number of alkyl halides is 4. The van der Waals surface area contributed by atoms with Crippen LogP contribution in [-0.4, -0.2) is 15.7 Å². The Morgan fingerprint density at radius 1 is 1.27 bits per heavy atom. The second-order valence-corrected chi connectivity index (χ2v) is 3.59. The Morgan fingerprint density at radius 3 is 2.53 bits per heavy atom. The minimum absolute atomic E-state index is 0.507. The molecule has 0 amide bonds. The van der Waals surface area contributed by atoms with E-state index in [1.54, 1.807) is 0 Å². The monoisotopic (exact) mass is 240 g/mol. The summed E-state index contributed by atoms with van der Waals surface area (Å²) < 4.78 is 37.8. The van der Waals surface area contributed by atoms with Crippen molar-refractivity contribution in [1.82, 2.24) is 9.78 Å². The average Bonchev–Trinajstić information content (AvgIpc) is 2.60. The topological polar surface area (TPSA) is 17.8 Å². The summed E-state index contributed by atoms with van der Waals surface area (Å²) in [6.45, 7) is 0.507. The summed E-state index contributed by atoms with van der Waals surface area (Å²) in [6.07, 6.45) is -0.406. The molecule has 0 aliphatic carbocycles. The van der Waals surface area contributed by atoms with E-state index in [-0.39, 0.29) is 0 Å². The molecule has 6 heteroatoms. The van der Waals surface area contributed by atoms with Crippen LogP contribution in [0.25, 0.3) is 0 Å². The third kappa shape index (κ3) is 4.11. The summed E-state index contributed by atoms with van der Waals surface area (Å²) in [5, 5.41) is 3.44. The molecule has 0 bridgehead atoms. The predicted molar refractivity (Wildman–Crippen MR) is 51.8 cm³/mol. The number of rotatable bonds is 5. The zero-order valence-electron chi connectivity index (χ0n) is 8.10. The fourth-order valence-corrected chi connectivity index (χ4v) is 1.37. The van der Waals surface area contributed by atoms with Crippen LogP contribution < -0.4 is 0 Å². The summed E-state index contributed by atoms with van der Waals surface area (Å²) in [6, 6.07) is 0.988. The number of aryl methyl sites for hydroxylation is 1. The molecule has 0 aromatic carbocycles. The van der Waals surface area contributed by atoms with Gasteiger partial charge in [-0.05, 0) is 18.9 Å². The first-order valence-electron chi connectivity index (χ1n) is 4.70. The molecule has 0 N–H and O–H groups in total. The molecule has 1 aromatic rings. The summed E-state index contributed by atoms with van der Waals surface area (Å²) in [5.41, 5.74) is -0.833. The first-order chi connectivity index (χ1) is 7.04. The van der Waals surface area contributed by atoms with E-state index >= 15 is 0 Å². The molecular weight excluding hydrogens is 229 g/mol. The average molecular weight is 241 g/mol. The predicted octanol–water partition coefficient (Wildman–Crippen LogP) is 3.31. The van der Waals surface area contributed by atoms with Gasteiger partial charge in [0.15, 0.2) is 5.69 Å². The number of halogens is 4. The molecule has 0 atom stereocenters. The molecule has 0 fully saturated rings. The Hall–Kier alpha value is -0.710. The van der Waals surface area contributed by atoms with E-state index in [2.05, 4.69) is 5.10 Å². The van der Waals surface area contributed by atoms with Crippen LogP contribution in [0.15, 0.2) is 12.3 Å². The highest BCUT2D eigenvalue weighted by Gasteiger charge is 2.33. The first-order valence-corrected chi connectivity index (χ1v) is 5.24. The van der Waals surface area contributed by atoms with Gasteiger partial charge < -0.3 is 0 Å². The first kappa shape index (κ1) is 12.4. The van der Waals surface area contributed by atoms with Crippen LogP contribution in [0.3, 0.4) is 0 Å². The van der Waals surface area contributed by atoms with Crippen LogP contribution in [0.1, 0.15) is 25.0 Å². The molecule has 0 saturated heterocycles. The third-order valence-electron chi connectivity index (χ3n) is 1.95. The second kappa shape index (κ2) is 5.39. The maximum Gasteiger partial charge on any atom is 0.435 e. The Bertz CT molecular complexity index is 296. The molecule has 1 aromatic heterocycles. The standard InChI is InChI=1S/C9H12ClF3N2/c10-5-2-1-3-6-15-7-4-8(14-15)9(11,12)13/h4,7H,1-3,5-6H2. The number of aromatic nitrogens is 2. The van der Waals surface area contributed by atoms with Crippen LogP contribution in [-0.2, 0) is 12.7 Å². The largest absolute Gasteiger partial charge is 0.435 e. The smallest absolute Gasteiger partial charge is 0.272 e. The van der Waals surface area contributed by atoms with Crippen molar-refractivity contribution in [2.45, 2.75) is 32.0 Å². The number of hydrogen-bond donors (Lipinski definition) is 0. The van der Waals surface area contributed by atoms with Crippen LogP contribution in [0.5, 0.6) is 0 Å². The SMILES string of the molecule is FC(F)(F)c1ccn(CCCCCCl)n1. The van der Waals surface area contributed by atoms with Gasteiger partial charge in [-0.15, -0.1) is 11.6 Å². The molecule has 2 nitrogen and oxygen atoms in total. The van der Waals surface area contributed by atoms with E-state index in [4.69, 9.17) is 11.6 Å². The highest BCUT2D eigenvalue weighted by atomic mass is 35.5. The quantitative estimate of drug-likeness (QED) is 0.570. The van der Waals surface area contributed by atoms with Crippen molar-refractivity contribution >= 4 is 11.6 Å². The second-order valence-electron chi connectivity index (χ2n) is 3.21. The molecule has 86 valence electrons. The summed E-state index contributed by atoms with van der Waals surface area (Å²) >= 11 is 5.48. The Morgan fingerprint density at radius 2 is 2.00 bits per heavy atom. The van der Waals surface area contributed by atoms with Gasteiger partial charge in [-0.1, -0.05) is 6.42 Å². The van der Waals surface area contributed by atoms with E-state index < -0.39 is 11.9 Å². The van der Waals surface area contributed by atoms with Crippen LogP contribution in [0.4, 0.5) is 13.2 Å². The van der Waals surface area contributed by atoms with Gasteiger partial charge in [0.05, 0.1) is 0 Å². The fourth-order valence-electron chi connectivity index (χ4n) is 1.18. The summed E-state index contributed by atoms with van der Waals surface area (Å²) in [7, 11) is 0. The molecular formula is C9H12ClF3N2. The lowest BCUT2D eigenvalue weighted by Gasteiger charge is -2.02. The van der Waals surface area contributed by atoms with Crippen LogP contribution in [0, 0.1) is 0 Å². The molecule has 1 rings (SSSR count). The Balaban J connectivity index is 2.40. The number of unbranched alkanes of at least 4 members (excludes halogenated alkanes) is 2. The minimum Gasteiger partial charge on any atom is -0.272 e. The lowest BCUT2D eigenvalue weighted by Crippen LogP contribution is -2.08. The highest BCUT2D eigenvalue weighted by Crippen LogP contribution is 2.27. The lowest BCUT2D eigenvalue weighted by molar-refractivity contribution is -0.141. The van der Waals surface area contributed by atoms with Crippen molar-refractivity contribution < 1.29 is 13.2 Å². The molecule has 1 heterocycles. The molecule has 0 radical (unpaired) electrons. The zero-order chi connectivity index (χ0) is 11.3. The molecule has 0 unspecified atom stereocenters. The van der Waals surface area contributed by atoms with Gasteiger partial charge in [0.2, 0.25) is 0 Å². The normalized spacial score (nSPS) is 12.0. The molecule has 0 spiro atoms. The van der Waals surface area contributed by atoms with E-state index in [0.29, 0.717) is 12.4 Å². The van der Waals surface area contributed by atoms with Crippen molar-refractivity contribution in [3.8, 4) is 0 Å². The lowest BCUT2D eigenvalue weighted by atomic mass is 10.2. The van der Waals surface area contributed by atoms with E-state index in [1.165, 1.54) is 10.9 Å². The van der Waals surface area contributed by atoms with Crippen molar-refractivity contribution in [3.05, 3.63) is 18.0 Å². The zero-order valence-corrected chi connectivity index (χ0v) is 8.85. The number of hydrogen-bond acceptors (Lipinski definition) is 1. The fraction of sp³-hybridized carbons (Fsp3) is 0.667. The Labute approximate surface area is 91.0 Å². The summed E-state index contributed by atoms with van der Waals surface area (Å²) in [5.74, 6) is 0.590. The molecule has 0 aliphatic heterocycles.